The third-order valence-corrected chi connectivity index (χ3v) is 8.99. The molecule has 2 fully saturated rings. The van der Waals surface area contributed by atoms with Crippen LogP contribution in [-0.2, 0) is 30.1 Å². The zero-order chi connectivity index (χ0) is 40.3. The molecular weight excluding hydrogens is 743 g/mol. The number of hydrogen-bond acceptors (Lipinski definition) is 9. The molecule has 0 radical (unpaired) electrons. The second kappa shape index (κ2) is 19.4. The van der Waals surface area contributed by atoms with Gasteiger partial charge in [-0.25, -0.2) is 9.59 Å². The lowest BCUT2D eigenvalue weighted by molar-refractivity contribution is 0.0138. The second-order valence-electron chi connectivity index (χ2n) is 15.3. The predicted octanol–water partition coefficient (Wildman–Crippen LogP) is 7.17. The molecule has 0 aliphatic carbocycles. The Bertz CT molecular complexity index is 1880. The van der Waals surface area contributed by atoms with E-state index in [4.69, 9.17) is 32.7 Å². The van der Waals surface area contributed by atoms with Crippen LogP contribution in [0.25, 0.3) is 22.5 Å². The summed E-state index contributed by atoms with van der Waals surface area (Å²) in [6, 6.07) is 15.1. The van der Waals surface area contributed by atoms with Crippen LogP contribution in [0.2, 0.25) is 10.0 Å². The molecule has 1 N–H and O–H groups in total. The highest BCUT2D eigenvalue weighted by molar-refractivity contribution is 6.33. The van der Waals surface area contributed by atoms with Gasteiger partial charge in [0.15, 0.2) is 6.29 Å². The molecule has 0 bridgehead atoms. The molecule has 298 valence electrons. The zero-order valence-electron chi connectivity index (χ0n) is 33.1. The van der Waals surface area contributed by atoms with E-state index in [1.54, 1.807) is 33.8 Å². The maximum atomic E-state index is 12.2. The number of rotatable bonds is 5. The summed E-state index contributed by atoms with van der Waals surface area (Å²) in [7, 11) is 3.69. The van der Waals surface area contributed by atoms with Gasteiger partial charge in [0.1, 0.15) is 16.9 Å². The van der Waals surface area contributed by atoms with E-state index in [-0.39, 0.29) is 17.8 Å². The maximum Gasteiger partial charge on any atom is 0.410 e. The van der Waals surface area contributed by atoms with Gasteiger partial charge in [-0.2, -0.15) is 10.2 Å². The summed E-state index contributed by atoms with van der Waals surface area (Å²) in [6.45, 7) is 18.2. The Morgan fingerprint density at radius 3 is 1.65 bits per heavy atom. The number of benzene rings is 2. The number of carbonyl (C=O) groups excluding carboxylic acids is 3. The van der Waals surface area contributed by atoms with Crippen molar-refractivity contribution in [2.75, 3.05) is 52.4 Å². The summed E-state index contributed by atoms with van der Waals surface area (Å²) < 4.78 is 14.1. The van der Waals surface area contributed by atoms with Gasteiger partial charge in [-0.05, 0) is 53.7 Å². The van der Waals surface area contributed by atoms with Gasteiger partial charge in [0.25, 0.3) is 0 Å². The Morgan fingerprint density at radius 1 is 0.709 bits per heavy atom. The monoisotopic (exact) mass is 796 g/mol. The van der Waals surface area contributed by atoms with Crippen molar-refractivity contribution in [3.63, 3.8) is 0 Å². The van der Waals surface area contributed by atoms with Crippen LogP contribution in [0.1, 0.15) is 57.5 Å². The molecular formula is C40H54Cl2N8O5. The smallest absolute Gasteiger partial charge is 0.410 e. The number of aldehydes is 1. The molecule has 2 aliphatic heterocycles. The summed E-state index contributed by atoms with van der Waals surface area (Å²) >= 11 is 12.4. The normalized spacial score (nSPS) is 14.9. The van der Waals surface area contributed by atoms with Crippen LogP contribution in [0.4, 0.5) is 9.59 Å². The second-order valence-corrected chi connectivity index (χ2v) is 16.1. The van der Waals surface area contributed by atoms with Crippen LogP contribution in [0.5, 0.6) is 0 Å². The van der Waals surface area contributed by atoms with Crippen molar-refractivity contribution in [1.29, 1.82) is 0 Å². The van der Waals surface area contributed by atoms with Crippen LogP contribution in [-0.4, -0.2) is 116 Å². The molecule has 2 amide bonds. The molecule has 2 saturated heterocycles. The lowest BCUT2D eigenvalue weighted by Gasteiger charge is -2.35. The van der Waals surface area contributed by atoms with E-state index < -0.39 is 5.60 Å². The highest BCUT2D eigenvalue weighted by Gasteiger charge is 2.27. The molecule has 6 rings (SSSR count). The molecule has 0 spiro atoms. The van der Waals surface area contributed by atoms with Crippen molar-refractivity contribution in [3.05, 3.63) is 82.1 Å². The van der Waals surface area contributed by atoms with E-state index in [9.17, 15) is 14.4 Å². The number of nitrogens with zero attached hydrogens (tertiary/aromatic N) is 7. The first-order valence-electron chi connectivity index (χ1n) is 18.3. The highest BCUT2D eigenvalue weighted by atomic mass is 35.5. The minimum Gasteiger partial charge on any atom is -0.444 e. The van der Waals surface area contributed by atoms with Gasteiger partial charge in [-0.3, -0.25) is 19.1 Å². The van der Waals surface area contributed by atoms with Gasteiger partial charge in [0, 0.05) is 102 Å². The number of carbonyl (C=O) groups is 3. The molecule has 4 heterocycles. The fourth-order valence-electron chi connectivity index (χ4n) is 5.82. The first-order chi connectivity index (χ1) is 25.9. The lowest BCUT2D eigenvalue weighted by atomic mass is 10.1. The van der Waals surface area contributed by atoms with E-state index in [1.807, 2.05) is 102 Å². The number of amides is 2. The number of halogens is 2. The molecule has 4 aromatic rings. The lowest BCUT2D eigenvalue weighted by Crippen LogP contribution is -2.49. The third-order valence-electron chi connectivity index (χ3n) is 8.33. The van der Waals surface area contributed by atoms with E-state index in [0.29, 0.717) is 34.4 Å². The van der Waals surface area contributed by atoms with Crippen molar-refractivity contribution in [2.45, 2.75) is 59.3 Å². The number of hydrogen-bond donors (Lipinski definition) is 1. The largest absolute Gasteiger partial charge is 0.444 e. The minimum absolute atomic E-state index is 0.200. The van der Waals surface area contributed by atoms with Gasteiger partial charge in [-0.1, -0.05) is 59.6 Å². The van der Waals surface area contributed by atoms with Gasteiger partial charge < -0.3 is 24.6 Å². The van der Waals surface area contributed by atoms with Crippen LogP contribution in [0.3, 0.4) is 0 Å². The Balaban J connectivity index is 0.000000202. The van der Waals surface area contributed by atoms with Crippen LogP contribution in [0, 0.1) is 0 Å². The van der Waals surface area contributed by atoms with Crippen LogP contribution < -0.4 is 5.32 Å². The average molecular weight is 798 g/mol. The summed E-state index contributed by atoms with van der Waals surface area (Å²) in [5.41, 5.74) is 4.09. The topological polar surface area (TPSA) is 127 Å². The number of piperazine rings is 2. The minimum atomic E-state index is -0.465. The van der Waals surface area contributed by atoms with Crippen molar-refractivity contribution < 1.29 is 23.9 Å². The summed E-state index contributed by atoms with van der Waals surface area (Å²) in [6.07, 6.45) is 4.06. The van der Waals surface area contributed by atoms with Crippen molar-refractivity contribution in [2.24, 2.45) is 14.1 Å². The third kappa shape index (κ3) is 13.4. The number of ether oxygens (including phenoxy) is 2. The molecule has 0 atom stereocenters. The fourth-order valence-corrected chi connectivity index (χ4v) is 6.27. The van der Waals surface area contributed by atoms with E-state index >= 15 is 0 Å². The molecule has 2 aliphatic rings. The molecule has 0 unspecified atom stereocenters. The van der Waals surface area contributed by atoms with Crippen molar-refractivity contribution >= 4 is 41.7 Å². The highest BCUT2D eigenvalue weighted by Crippen LogP contribution is 2.30. The molecule has 55 heavy (non-hydrogen) atoms. The maximum absolute atomic E-state index is 12.2. The van der Waals surface area contributed by atoms with Gasteiger partial charge >= 0.3 is 12.2 Å². The molecule has 2 aromatic carbocycles. The quantitative estimate of drug-likeness (QED) is 0.209. The molecule has 2 aromatic heterocycles. The number of aryl methyl sites for hydroxylation is 2. The molecule has 15 heteroatoms. The predicted molar refractivity (Wildman–Crippen MR) is 216 cm³/mol. The molecule has 0 saturated carbocycles. The van der Waals surface area contributed by atoms with E-state index in [2.05, 4.69) is 20.4 Å². The van der Waals surface area contributed by atoms with Crippen molar-refractivity contribution in [1.82, 2.24) is 39.6 Å². The van der Waals surface area contributed by atoms with Crippen molar-refractivity contribution in [3.8, 4) is 22.5 Å². The summed E-state index contributed by atoms with van der Waals surface area (Å²) in [4.78, 5) is 40.4. The first kappa shape index (κ1) is 43.3. The number of nitrogens with one attached hydrogen (secondary N) is 1. The van der Waals surface area contributed by atoms with E-state index in [0.717, 1.165) is 74.5 Å². The van der Waals surface area contributed by atoms with Crippen LogP contribution in [0.15, 0.2) is 60.9 Å². The first-order valence-corrected chi connectivity index (χ1v) is 19.1. The fraction of sp³-hybridized carbons (Fsp3) is 0.475. The number of aromatic nitrogens is 4. The average Bonchev–Trinajstić information content (AvgIpc) is 3.69. The molecule has 13 nitrogen and oxygen atoms in total. The Hall–Kier alpha value is -4.43. The summed E-state index contributed by atoms with van der Waals surface area (Å²) in [5.74, 6) is 0. The SMILES string of the molecule is CC(C)(C)OC(=O)N1CCNCC1.Cn1cc(C=O)c(-c2ccccc2Cl)n1.Cn1cc(CN2CCN(C(=O)OC(C)(C)C)CC2)c(-c2ccccc2Cl)n1. The Morgan fingerprint density at radius 2 is 1.16 bits per heavy atom. The Labute approximate surface area is 334 Å². The Kier molecular flexibility index (Phi) is 15.3. The van der Waals surface area contributed by atoms with Crippen LogP contribution >= 0.6 is 23.2 Å². The van der Waals surface area contributed by atoms with Gasteiger partial charge in [-0.15, -0.1) is 0 Å². The van der Waals surface area contributed by atoms with Gasteiger partial charge in [0.2, 0.25) is 0 Å². The summed E-state index contributed by atoms with van der Waals surface area (Å²) in [5, 5.41) is 13.3. The standard InChI is InChI=1S/C20H27ClN4O2.C11H9ClN2O.C9H18N2O2/c1-20(2,3)27-19(26)25-11-9-24(10-12-25)14-15-13-23(4)22-18(15)16-7-5-6-8-17(16)21;1-14-6-8(7-15)11(13-14)9-4-2-3-5-10(9)12;1-9(2,3)13-8(12)11-6-4-10-5-7-11/h5-8,13H,9-12,14H2,1-4H3;2-7H,1H3;10H,4-7H2,1-3H3. The van der Waals surface area contributed by atoms with Gasteiger partial charge in [0.05, 0.1) is 21.3 Å². The zero-order valence-corrected chi connectivity index (χ0v) is 34.7. The van der Waals surface area contributed by atoms with E-state index in [1.165, 1.54) is 0 Å².